The van der Waals surface area contributed by atoms with E-state index in [0.29, 0.717) is 5.41 Å². The van der Waals surface area contributed by atoms with Crippen molar-refractivity contribution in [2.75, 3.05) is 6.54 Å². The molecular weight excluding hydrogens is 415 g/mol. The summed E-state index contributed by atoms with van der Waals surface area (Å²) in [7, 11) is 0. The first-order valence-electron chi connectivity index (χ1n) is 3.59. The SMILES string of the molecule is CC(C)(C)C.O=[C-]NCC(=O)O.[Fm]. The van der Waals surface area contributed by atoms with E-state index in [0.717, 1.165) is 0 Å². The summed E-state index contributed by atoms with van der Waals surface area (Å²) in [6.07, 6.45) is 1.22. The van der Waals surface area contributed by atoms with Crippen LogP contribution in [0.5, 0.6) is 0 Å². The van der Waals surface area contributed by atoms with Crippen molar-refractivity contribution in [3.8, 4) is 0 Å². The third kappa shape index (κ3) is 167. The van der Waals surface area contributed by atoms with E-state index in [1.807, 2.05) is 5.32 Å². The maximum atomic E-state index is 9.52. The van der Waals surface area contributed by atoms with E-state index in [9.17, 15) is 9.59 Å². The van der Waals surface area contributed by atoms with Crippen molar-refractivity contribution in [3.05, 3.63) is 0 Å². The number of aliphatic carboxylic acids is 1. The van der Waals surface area contributed by atoms with E-state index in [-0.39, 0.29) is 6.54 Å². The molecule has 0 aromatic rings. The molecule has 0 spiro atoms. The first-order valence-corrected chi connectivity index (χ1v) is 3.59. The van der Waals surface area contributed by atoms with Crippen LogP contribution in [-0.4, -0.2) is 24.0 Å². The Bertz CT molecular complexity index is 137. The van der Waals surface area contributed by atoms with Gasteiger partial charge in [0.1, 0.15) is 0 Å². The van der Waals surface area contributed by atoms with Gasteiger partial charge in [0.05, 0.1) is 6.54 Å². The zero-order chi connectivity index (χ0) is 10.2. The molecule has 0 aliphatic heterocycles. The second kappa shape index (κ2) is 8.04. The molecule has 0 aliphatic rings. The number of rotatable bonds is 3. The van der Waals surface area contributed by atoms with Crippen LogP contribution in [0.25, 0.3) is 0 Å². The van der Waals surface area contributed by atoms with E-state index >= 15 is 0 Å². The minimum atomic E-state index is -1.07. The molecule has 0 aromatic heterocycles. The Morgan fingerprint density at radius 2 is 1.69 bits per heavy atom. The molecule has 0 aromatic carbocycles. The molecule has 0 fully saturated rings. The molecule has 0 radical (unpaired) electrons. The number of carbonyl (C=O) groups is 1. The van der Waals surface area contributed by atoms with Gasteiger partial charge < -0.3 is 15.2 Å². The number of carboxylic acid groups (broad SMARTS) is 1. The Morgan fingerprint density at radius 1 is 1.38 bits per heavy atom. The topological polar surface area (TPSA) is 66.4 Å². The molecule has 0 atom stereocenters. The molecule has 13 heavy (non-hydrogen) atoms. The summed E-state index contributed by atoms with van der Waals surface area (Å²) in [6, 6.07) is 0. The van der Waals surface area contributed by atoms with Gasteiger partial charge in [-0.3, -0.25) is 4.79 Å². The van der Waals surface area contributed by atoms with Crippen molar-refractivity contribution < 1.29 is 14.7 Å². The minimum absolute atomic E-state index is 0. The number of carbonyl (C=O) groups excluding carboxylic acids is 1. The normalized spacial score (nSPS) is 8.62. The maximum absolute atomic E-state index is 9.52. The molecule has 0 saturated heterocycles. The fraction of sp³-hybridized carbons (Fsp3) is 0.750. The van der Waals surface area contributed by atoms with E-state index in [1.54, 1.807) is 0 Å². The first-order chi connectivity index (χ1) is 5.27. The number of hydrogen-bond acceptors (Lipinski definition) is 2. The van der Waals surface area contributed by atoms with Crippen LogP contribution in [0, 0.1) is 5.41 Å². The van der Waals surface area contributed by atoms with Gasteiger partial charge in [-0.05, 0) is 5.41 Å². The molecule has 2 N–H and O–H groups in total. The summed E-state index contributed by atoms with van der Waals surface area (Å²) in [5, 5.41) is 9.65. The smallest absolute Gasteiger partial charge is 0.320 e. The molecule has 0 bridgehead atoms. The summed E-state index contributed by atoms with van der Waals surface area (Å²) in [6.45, 7) is 8.39. The number of amides is 1. The minimum Gasteiger partial charge on any atom is -0.521 e. The van der Waals surface area contributed by atoms with Gasteiger partial charge in [0.2, 0.25) is 0 Å². The summed E-state index contributed by atoms with van der Waals surface area (Å²) in [5.41, 5.74) is 0.500. The average molecular weight is 431 g/mol. The third-order valence-corrected chi connectivity index (χ3v) is 0.312. The summed E-state index contributed by atoms with van der Waals surface area (Å²) in [4.78, 5) is 18.7. The molecule has 4 nitrogen and oxygen atoms in total. The van der Waals surface area contributed by atoms with Gasteiger partial charge in [0, 0.05) is 0 Å². The van der Waals surface area contributed by atoms with Crippen molar-refractivity contribution in [2.24, 2.45) is 5.41 Å². The van der Waals surface area contributed by atoms with E-state index < -0.39 is 5.97 Å². The van der Waals surface area contributed by atoms with Crippen LogP contribution in [0.1, 0.15) is 27.7 Å². The van der Waals surface area contributed by atoms with Gasteiger partial charge in [-0.25, -0.2) is 0 Å². The third-order valence-electron chi connectivity index (χ3n) is 0.312. The maximum Gasteiger partial charge on any atom is 0.320 e. The second-order valence-electron chi connectivity index (χ2n) is 3.85. The van der Waals surface area contributed by atoms with Crippen molar-refractivity contribution in [1.29, 1.82) is 0 Å². The predicted molar refractivity (Wildman–Crippen MR) is 46.5 cm³/mol. The van der Waals surface area contributed by atoms with E-state index in [1.165, 1.54) is 6.41 Å². The van der Waals surface area contributed by atoms with Crippen LogP contribution < -0.4 is 5.32 Å². The van der Waals surface area contributed by atoms with Crippen molar-refractivity contribution >= 4 is 12.4 Å². The standard InChI is InChI=1S/C5H12.C3H4NO3.Fm/c1-5(2,3)4;5-2-4-1-3(6)7;/h1-4H3;1H2,(H,4,5)(H,6,7);/q;-1;. The molecule has 84 valence electrons. The second-order valence-corrected chi connectivity index (χ2v) is 3.85. The zero-order valence-electron chi connectivity index (χ0n) is 8.26. The van der Waals surface area contributed by atoms with Crippen molar-refractivity contribution in [1.82, 2.24) is 5.32 Å². The fourth-order valence-corrected chi connectivity index (χ4v) is 0.112. The van der Waals surface area contributed by atoms with E-state index in [2.05, 4.69) is 27.7 Å². The molecular formula is C8H16FmNO3-. The molecule has 5 heteroatoms. The Morgan fingerprint density at radius 3 is 1.77 bits per heavy atom. The number of hydrogen-bond donors (Lipinski definition) is 2. The van der Waals surface area contributed by atoms with Crippen LogP contribution in [0.3, 0.4) is 0 Å². The number of carboxylic acids is 1. The quantitative estimate of drug-likeness (QED) is 0.513. The van der Waals surface area contributed by atoms with Crippen LogP contribution >= 0.6 is 0 Å². The Hall–Kier alpha value is -2.06. The van der Waals surface area contributed by atoms with Gasteiger partial charge in [-0.2, -0.15) is 6.41 Å². The van der Waals surface area contributed by atoms with Crippen LogP contribution in [0.15, 0.2) is 0 Å². The van der Waals surface area contributed by atoms with Gasteiger partial charge in [0.25, 0.3) is 0 Å². The summed E-state index contributed by atoms with van der Waals surface area (Å²) < 4.78 is 0. The fourth-order valence-electron chi connectivity index (χ4n) is 0.112. The Labute approximate surface area is 73.0 Å². The van der Waals surface area contributed by atoms with Gasteiger partial charge >= 0.3 is 5.97 Å². The zero-order valence-corrected chi connectivity index (χ0v) is 10.7. The van der Waals surface area contributed by atoms with Crippen LogP contribution in [0.2, 0.25) is 0 Å². The molecule has 0 unspecified atom stereocenters. The molecule has 0 aliphatic carbocycles. The van der Waals surface area contributed by atoms with Gasteiger partial charge in [-0.15, -0.1) is 0 Å². The first kappa shape index (κ1) is 17.1. The van der Waals surface area contributed by atoms with Crippen LogP contribution in [-0.2, 0) is 9.59 Å². The van der Waals surface area contributed by atoms with E-state index in [4.69, 9.17) is 5.11 Å². The largest absolute Gasteiger partial charge is 0.521 e. The molecule has 0 saturated carbocycles. The van der Waals surface area contributed by atoms with Crippen molar-refractivity contribution in [3.63, 3.8) is 0 Å². The molecule has 1 amide bonds. The molecule has 0 heterocycles. The summed E-state index contributed by atoms with van der Waals surface area (Å²) >= 11 is 0. The van der Waals surface area contributed by atoms with Crippen molar-refractivity contribution in [2.45, 2.75) is 27.7 Å². The monoisotopic (exact) mass is 431 g/mol. The van der Waals surface area contributed by atoms with Crippen LogP contribution in [0.4, 0.5) is 0 Å². The number of nitrogens with one attached hydrogen (secondary N) is 1. The average Bonchev–Trinajstić information content (AvgIpc) is 1.79. The predicted octanol–water partition coefficient (Wildman–Crippen LogP) is 0.780. The Balaban J connectivity index is -0.000000150. The van der Waals surface area contributed by atoms with Gasteiger partial charge in [0.15, 0.2) is 0 Å². The molecule has 0 rings (SSSR count). The van der Waals surface area contributed by atoms with Gasteiger partial charge in [-0.1, -0.05) is 27.7 Å². The summed E-state index contributed by atoms with van der Waals surface area (Å²) in [5.74, 6) is -1.07. The Kier molecular flexibility index (Phi) is 10.6.